The molecule has 0 radical (unpaired) electrons. The first-order valence-electron chi connectivity index (χ1n) is 14.6. The number of benzene rings is 1. The summed E-state index contributed by atoms with van der Waals surface area (Å²) in [7, 11) is 0. The van der Waals surface area contributed by atoms with Crippen molar-refractivity contribution in [3.05, 3.63) is 46.3 Å². The van der Waals surface area contributed by atoms with Gasteiger partial charge in [-0.15, -0.1) is 0 Å². The molecular formula is C33H48N2O4. The SMILES string of the molecule is Cc1nc(C)c([C@H](OC(C)(C)C)C(=O)OC(C)C)c(N2CCC(C)(C)CC2)c1-c1ccc2c(c1)CCC(O)C2. The molecule has 1 aliphatic heterocycles. The number of aliphatic hydroxyl groups is 1. The van der Waals surface area contributed by atoms with Crippen LogP contribution in [0, 0.1) is 19.3 Å². The summed E-state index contributed by atoms with van der Waals surface area (Å²) in [5.41, 5.74) is 7.96. The Balaban J connectivity index is 1.95. The first-order valence-corrected chi connectivity index (χ1v) is 14.6. The number of aliphatic hydroxyl groups excluding tert-OH is 1. The molecule has 0 saturated carbocycles. The molecule has 2 aromatic rings. The molecular weight excluding hydrogens is 488 g/mol. The van der Waals surface area contributed by atoms with Crippen molar-refractivity contribution in [1.29, 1.82) is 0 Å². The fourth-order valence-corrected chi connectivity index (χ4v) is 5.93. The third-order valence-corrected chi connectivity index (χ3v) is 8.01. The molecule has 1 N–H and O–H groups in total. The van der Waals surface area contributed by atoms with E-state index in [1.54, 1.807) is 0 Å². The number of ether oxygens (including phenoxy) is 2. The van der Waals surface area contributed by atoms with Crippen LogP contribution in [0.5, 0.6) is 0 Å². The van der Waals surface area contributed by atoms with Crippen LogP contribution in [0.2, 0.25) is 0 Å². The van der Waals surface area contributed by atoms with Gasteiger partial charge in [0, 0.05) is 35.6 Å². The Kier molecular flexibility index (Phi) is 8.49. The fraction of sp³-hybridized carbons (Fsp3) is 0.636. The standard InChI is InChI=1S/C33H48N2O4/c1-20(2)38-31(37)30(39-32(5,6)7)28-22(4)34-21(3)27(29(28)35-16-14-33(8,9)15-17-35)25-11-10-24-19-26(36)13-12-23(24)18-25/h10-11,18,20,26,30,36H,12-17,19H2,1-9H3/t26?,30-/m0/s1. The predicted octanol–water partition coefficient (Wildman–Crippen LogP) is 6.65. The van der Waals surface area contributed by atoms with E-state index in [2.05, 4.69) is 43.9 Å². The van der Waals surface area contributed by atoms with E-state index in [4.69, 9.17) is 14.5 Å². The highest BCUT2D eigenvalue weighted by atomic mass is 16.6. The molecule has 1 aromatic heterocycles. The van der Waals surface area contributed by atoms with Crippen molar-refractivity contribution in [2.24, 2.45) is 5.41 Å². The number of anilines is 1. The number of pyridine rings is 1. The lowest BCUT2D eigenvalue weighted by Gasteiger charge is -2.41. The van der Waals surface area contributed by atoms with E-state index < -0.39 is 11.7 Å². The molecule has 6 heteroatoms. The lowest BCUT2D eigenvalue weighted by Crippen LogP contribution is -2.39. The van der Waals surface area contributed by atoms with Crippen LogP contribution in [0.3, 0.4) is 0 Å². The number of fused-ring (bicyclic) bond motifs is 1. The van der Waals surface area contributed by atoms with Crippen LogP contribution in [-0.4, -0.2) is 47.0 Å². The van der Waals surface area contributed by atoms with E-state index in [9.17, 15) is 9.90 Å². The zero-order chi connectivity index (χ0) is 28.7. The molecule has 0 bridgehead atoms. The van der Waals surface area contributed by atoms with Gasteiger partial charge in [0.05, 0.1) is 23.5 Å². The fourth-order valence-electron chi connectivity index (χ4n) is 5.93. The van der Waals surface area contributed by atoms with Gasteiger partial charge in [-0.2, -0.15) is 0 Å². The molecule has 4 rings (SSSR count). The van der Waals surface area contributed by atoms with Gasteiger partial charge in [0.2, 0.25) is 0 Å². The van der Waals surface area contributed by atoms with E-state index in [1.165, 1.54) is 11.1 Å². The summed E-state index contributed by atoms with van der Waals surface area (Å²) >= 11 is 0. The number of carbonyl (C=O) groups is 1. The van der Waals surface area contributed by atoms with Gasteiger partial charge in [-0.05, 0) is 103 Å². The number of hydrogen-bond acceptors (Lipinski definition) is 6. The number of rotatable bonds is 6. The highest BCUT2D eigenvalue weighted by molar-refractivity contribution is 5.88. The summed E-state index contributed by atoms with van der Waals surface area (Å²) in [5, 5.41) is 10.2. The van der Waals surface area contributed by atoms with Crippen LogP contribution in [0.4, 0.5) is 5.69 Å². The molecule has 0 spiro atoms. The quantitative estimate of drug-likeness (QED) is 0.417. The third kappa shape index (κ3) is 6.83. The van der Waals surface area contributed by atoms with Crippen molar-refractivity contribution >= 4 is 11.7 Å². The zero-order valence-corrected chi connectivity index (χ0v) is 25.5. The molecule has 2 aliphatic rings. The molecule has 6 nitrogen and oxygen atoms in total. The van der Waals surface area contributed by atoms with Gasteiger partial charge in [0.25, 0.3) is 0 Å². The minimum atomic E-state index is -0.892. The number of hydrogen-bond donors (Lipinski definition) is 1. The lowest BCUT2D eigenvalue weighted by molar-refractivity contribution is -0.171. The van der Waals surface area contributed by atoms with Gasteiger partial charge >= 0.3 is 5.97 Å². The van der Waals surface area contributed by atoms with Crippen molar-refractivity contribution in [3.8, 4) is 11.1 Å². The van der Waals surface area contributed by atoms with E-state index >= 15 is 0 Å². The molecule has 0 amide bonds. The highest BCUT2D eigenvalue weighted by Crippen LogP contribution is 2.45. The largest absolute Gasteiger partial charge is 0.461 e. The number of aryl methyl sites for hydroxylation is 3. The normalized spacial score (nSPS) is 20.1. The van der Waals surface area contributed by atoms with Gasteiger partial charge in [0.1, 0.15) is 0 Å². The second kappa shape index (κ2) is 11.2. The topological polar surface area (TPSA) is 71.9 Å². The second-order valence-corrected chi connectivity index (χ2v) is 13.5. The minimum Gasteiger partial charge on any atom is -0.461 e. The van der Waals surface area contributed by atoms with E-state index in [-0.39, 0.29) is 23.6 Å². The third-order valence-electron chi connectivity index (χ3n) is 8.01. The minimum absolute atomic E-state index is 0.253. The van der Waals surface area contributed by atoms with Gasteiger partial charge in [-0.1, -0.05) is 32.0 Å². The van der Waals surface area contributed by atoms with Crippen LogP contribution in [-0.2, 0) is 27.1 Å². The molecule has 2 atom stereocenters. The van der Waals surface area contributed by atoms with Crippen molar-refractivity contribution in [2.45, 2.75) is 118 Å². The maximum absolute atomic E-state index is 13.7. The van der Waals surface area contributed by atoms with Crippen LogP contribution in [0.15, 0.2) is 18.2 Å². The molecule has 1 aliphatic carbocycles. The van der Waals surface area contributed by atoms with Crippen LogP contribution < -0.4 is 4.90 Å². The maximum atomic E-state index is 13.7. The van der Waals surface area contributed by atoms with Gasteiger partial charge < -0.3 is 19.5 Å². The molecule has 1 saturated heterocycles. The predicted molar refractivity (Wildman–Crippen MR) is 157 cm³/mol. The second-order valence-electron chi connectivity index (χ2n) is 13.5. The van der Waals surface area contributed by atoms with Crippen LogP contribution in [0.25, 0.3) is 11.1 Å². The first kappa shape index (κ1) is 29.5. The van der Waals surface area contributed by atoms with Crippen molar-refractivity contribution < 1.29 is 19.4 Å². The van der Waals surface area contributed by atoms with E-state index in [0.29, 0.717) is 6.42 Å². The van der Waals surface area contributed by atoms with Crippen molar-refractivity contribution in [3.63, 3.8) is 0 Å². The summed E-state index contributed by atoms with van der Waals surface area (Å²) in [6, 6.07) is 6.59. The number of piperidine rings is 1. The Bertz CT molecular complexity index is 1200. The summed E-state index contributed by atoms with van der Waals surface area (Å²) in [6.45, 7) is 20.2. The first-order chi connectivity index (χ1) is 18.1. The maximum Gasteiger partial charge on any atom is 0.340 e. The summed E-state index contributed by atoms with van der Waals surface area (Å²) in [6.07, 6.45) is 3.05. The average Bonchev–Trinajstić information content (AvgIpc) is 2.81. The Labute approximate surface area is 235 Å². The molecule has 1 unspecified atom stereocenters. The summed E-state index contributed by atoms with van der Waals surface area (Å²) in [4.78, 5) is 21.1. The van der Waals surface area contributed by atoms with Crippen molar-refractivity contribution in [1.82, 2.24) is 4.98 Å². The van der Waals surface area contributed by atoms with Gasteiger partial charge in [-0.25, -0.2) is 4.79 Å². The Morgan fingerprint density at radius 3 is 2.38 bits per heavy atom. The lowest BCUT2D eigenvalue weighted by atomic mass is 9.81. The monoisotopic (exact) mass is 536 g/mol. The summed E-state index contributed by atoms with van der Waals surface area (Å²) in [5.74, 6) is -0.377. The van der Waals surface area contributed by atoms with E-state index in [0.717, 1.165) is 72.5 Å². The molecule has 214 valence electrons. The smallest absolute Gasteiger partial charge is 0.340 e. The van der Waals surface area contributed by atoms with Crippen LogP contribution in [0.1, 0.15) is 102 Å². The van der Waals surface area contributed by atoms with Gasteiger partial charge in [0.15, 0.2) is 6.10 Å². The molecule has 39 heavy (non-hydrogen) atoms. The highest BCUT2D eigenvalue weighted by Gasteiger charge is 2.37. The Morgan fingerprint density at radius 2 is 1.77 bits per heavy atom. The van der Waals surface area contributed by atoms with Crippen LogP contribution >= 0.6 is 0 Å². The number of aromatic nitrogens is 1. The number of nitrogens with zero attached hydrogens (tertiary/aromatic N) is 2. The Hall–Kier alpha value is -2.44. The van der Waals surface area contributed by atoms with E-state index in [1.807, 2.05) is 41.5 Å². The van der Waals surface area contributed by atoms with Gasteiger partial charge in [-0.3, -0.25) is 4.98 Å². The van der Waals surface area contributed by atoms with Crippen molar-refractivity contribution in [2.75, 3.05) is 18.0 Å². The summed E-state index contributed by atoms with van der Waals surface area (Å²) < 4.78 is 12.3. The molecule has 2 heterocycles. The Morgan fingerprint density at radius 1 is 1.10 bits per heavy atom. The molecule has 1 fully saturated rings. The number of esters is 1. The average molecular weight is 537 g/mol. The molecule has 1 aromatic carbocycles. The zero-order valence-electron chi connectivity index (χ0n) is 25.5. The number of carbonyl (C=O) groups excluding carboxylic acids is 1.